The molecule has 1 amide bonds. The van der Waals surface area contributed by atoms with Gasteiger partial charge in [0.25, 0.3) is 11.7 Å². The third-order valence-electron chi connectivity index (χ3n) is 1.76. The fourth-order valence-corrected chi connectivity index (χ4v) is 1.48. The van der Waals surface area contributed by atoms with Crippen molar-refractivity contribution in [3.8, 4) is 0 Å². The van der Waals surface area contributed by atoms with E-state index in [1.165, 1.54) is 6.07 Å². The third-order valence-corrected chi connectivity index (χ3v) is 2.37. The van der Waals surface area contributed by atoms with Gasteiger partial charge in [-0.1, -0.05) is 0 Å². The molecule has 1 heterocycles. The molecule has 5 heteroatoms. The first-order valence-electron chi connectivity index (χ1n) is 3.44. The molecule has 1 aliphatic rings. The predicted octanol–water partition coefficient (Wildman–Crippen LogP) is 1.72. The maximum atomic E-state index is 12.9. The molecule has 2 rings (SSSR count). The fraction of sp³-hybridized carbons (Fsp3) is 0. The number of ketones is 1. The molecule has 66 valence electrons. The Morgan fingerprint density at radius 2 is 2.00 bits per heavy atom. The number of hydrogen-bond donors (Lipinski definition) is 1. The standard InChI is InChI=1S/C8H3BrFNO2/c9-4-1-3-6(2-5(4)10)11-8(13)7(3)12/h1-2H,(H,11,12,13). The quantitative estimate of drug-likeness (QED) is 0.706. The highest BCUT2D eigenvalue weighted by Crippen LogP contribution is 2.28. The van der Waals surface area contributed by atoms with E-state index < -0.39 is 17.5 Å². The van der Waals surface area contributed by atoms with E-state index in [1.54, 1.807) is 0 Å². The Balaban J connectivity index is 2.66. The van der Waals surface area contributed by atoms with E-state index in [0.717, 1.165) is 6.07 Å². The number of amides is 1. The molecular formula is C8H3BrFNO2. The largest absolute Gasteiger partial charge is 0.318 e. The molecule has 0 radical (unpaired) electrons. The highest BCUT2D eigenvalue weighted by Gasteiger charge is 2.28. The zero-order valence-corrected chi connectivity index (χ0v) is 7.81. The second-order valence-electron chi connectivity index (χ2n) is 2.60. The molecule has 3 nitrogen and oxygen atoms in total. The fourth-order valence-electron chi connectivity index (χ4n) is 1.14. The van der Waals surface area contributed by atoms with Crippen LogP contribution in [0.25, 0.3) is 0 Å². The Bertz CT molecular complexity index is 430. The van der Waals surface area contributed by atoms with Crippen molar-refractivity contribution in [1.82, 2.24) is 0 Å². The van der Waals surface area contributed by atoms with Gasteiger partial charge in [0, 0.05) is 0 Å². The topological polar surface area (TPSA) is 46.2 Å². The lowest BCUT2D eigenvalue weighted by atomic mass is 10.1. The first-order valence-corrected chi connectivity index (χ1v) is 4.23. The van der Waals surface area contributed by atoms with Crippen LogP contribution in [0.15, 0.2) is 16.6 Å². The molecule has 1 aromatic carbocycles. The van der Waals surface area contributed by atoms with Crippen molar-refractivity contribution in [2.24, 2.45) is 0 Å². The van der Waals surface area contributed by atoms with E-state index in [0.29, 0.717) is 0 Å². The molecule has 0 saturated carbocycles. The Hall–Kier alpha value is -1.23. The van der Waals surface area contributed by atoms with Crippen molar-refractivity contribution < 1.29 is 14.0 Å². The number of fused-ring (bicyclic) bond motifs is 1. The molecule has 0 saturated heterocycles. The number of Topliss-reactive ketones (excluding diaryl/α,β-unsaturated/α-hetero) is 1. The predicted molar refractivity (Wildman–Crippen MR) is 47.1 cm³/mol. The van der Waals surface area contributed by atoms with Crippen molar-refractivity contribution in [3.63, 3.8) is 0 Å². The van der Waals surface area contributed by atoms with Gasteiger partial charge in [0.1, 0.15) is 5.82 Å². The molecule has 1 aliphatic heterocycles. The average molecular weight is 244 g/mol. The average Bonchev–Trinajstić information content (AvgIpc) is 2.32. The number of carbonyl (C=O) groups is 2. The number of anilines is 1. The van der Waals surface area contributed by atoms with Crippen LogP contribution in [-0.2, 0) is 4.79 Å². The van der Waals surface area contributed by atoms with Gasteiger partial charge in [-0.2, -0.15) is 0 Å². The molecule has 0 aromatic heterocycles. The van der Waals surface area contributed by atoms with Crippen LogP contribution in [-0.4, -0.2) is 11.7 Å². The van der Waals surface area contributed by atoms with E-state index in [1.807, 2.05) is 0 Å². The molecule has 0 bridgehead atoms. The zero-order valence-electron chi connectivity index (χ0n) is 6.23. The van der Waals surface area contributed by atoms with E-state index in [-0.39, 0.29) is 15.7 Å². The van der Waals surface area contributed by atoms with Crippen LogP contribution < -0.4 is 5.32 Å². The number of benzene rings is 1. The van der Waals surface area contributed by atoms with Crippen LogP contribution in [0, 0.1) is 5.82 Å². The summed E-state index contributed by atoms with van der Waals surface area (Å²) in [6, 6.07) is 2.41. The molecule has 0 spiro atoms. The highest BCUT2D eigenvalue weighted by molar-refractivity contribution is 9.10. The number of nitrogens with one attached hydrogen (secondary N) is 1. The van der Waals surface area contributed by atoms with Gasteiger partial charge in [0.2, 0.25) is 0 Å². The lowest BCUT2D eigenvalue weighted by molar-refractivity contribution is -0.112. The van der Waals surface area contributed by atoms with Crippen molar-refractivity contribution in [2.45, 2.75) is 0 Å². The normalized spacial score (nSPS) is 14.3. The van der Waals surface area contributed by atoms with Gasteiger partial charge in [0.15, 0.2) is 0 Å². The second kappa shape index (κ2) is 2.63. The van der Waals surface area contributed by atoms with Crippen molar-refractivity contribution >= 4 is 33.3 Å². The number of halogens is 2. The number of hydrogen-bond acceptors (Lipinski definition) is 2. The van der Waals surface area contributed by atoms with Gasteiger partial charge in [-0.25, -0.2) is 4.39 Å². The summed E-state index contributed by atoms with van der Waals surface area (Å²) in [6.07, 6.45) is 0. The van der Waals surface area contributed by atoms with Gasteiger partial charge < -0.3 is 5.32 Å². The van der Waals surface area contributed by atoms with Crippen LogP contribution in [0.3, 0.4) is 0 Å². The molecular weight excluding hydrogens is 241 g/mol. The third kappa shape index (κ3) is 1.16. The second-order valence-corrected chi connectivity index (χ2v) is 3.45. The van der Waals surface area contributed by atoms with Gasteiger partial charge in [-0.15, -0.1) is 0 Å². The minimum Gasteiger partial charge on any atom is -0.318 e. The maximum Gasteiger partial charge on any atom is 0.296 e. The molecule has 0 aliphatic carbocycles. The van der Waals surface area contributed by atoms with E-state index in [9.17, 15) is 14.0 Å². The van der Waals surface area contributed by atoms with Crippen molar-refractivity contribution in [2.75, 3.05) is 5.32 Å². The minimum absolute atomic E-state index is 0.177. The highest BCUT2D eigenvalue weighted by atomic mass is 79.9. The summed E-state index contributed by atoms with van der Waals surface area (Å²) in [5.41, 5.74) is 0.439. The molecule has 0 fully saturated rings. The molecule has 1 N–H and O–H groups in total. The van der Waals surface area contributed by atoms with Crippen LogP contribution in [0.5, 0.6) is 0 Å². The Kier molecular flexibility index (Phi) is 1.69. The minimum atomic E-state index is -0.715. The zero-order chi connectivity index (χ0) is 9.59. The summed E-state index contributed by atoms with van der Waals surface area (Å²) in [6.45, 7) is 0. The molecule has 0 unspecified atom stereocenters. The maximum absolute atomic E-state index is 12.9. The van der Waals surface area contributed by atoms with Crippen LogP contribution in [0.2, 0.25) is 0 Å². The van der Waals surface area contributed by atoms with Crippen LogP contribution >= 0.6 is 15.9 Å². The smallest absolute Gasteiger partial charge is 0.296 e. The van der Waals surface area contributed by atoms with E-state index >= 15 is 0 Å². The lowest BCUT2D eigenvalue weighted by Gasteiger charge is -1.98. The number of rotatable bonds is 0. The van der Waals surface area contributed by atoms with E-state index in [4.69, 9.17) is 0 Å². The number of carbonyl (C=O) groups excluding carboxylic acids is 2. The van der Waals surface area contributed by atoms with Crippen LogP contribution in [0.4, 0.5) is 10.1 Å². The van der Waals surface area contributed by atoms with Gasteiger partial charge in [-0.05, 0) is 28.1 Å². The summed E-state index contributed by atoms with van der Waals surface area (Å²) in [5, 5.41) is 2.27. The summed E-state index contributed by atoms with van der Waals surface area (Å²) >= 11 is 2.93. The summed E-state index contributed by atoms with van der Waals surface area (Å²) < 4.78 is 13.1. The Labute approximate surface area is 81.1 Å². The Morgan fingerprint density at radius 1 is 1.31 bits per heavy atom. The Morgan fingerprint density at radius 3 is 2.69 bits per heavy atom. The first kappa shape index (κ1) is 8.37. The van der Waals surface area contributed by atoms with E-state index in [2.05, 4.69) is 21.2 Å². The molecule has 0 atom stereocenters. The first-order chi connectivity index (χ1) is 6.09. The van der Waals surface area contributed by atoms with Crippen molar-refractivity contribution in [1.29, 1.82) is 0 Å². The van der Waals surface area contributed by atoms with Crippen molar-refractivity contribution in [3.05, 3.63) is 28.0 Å². The molecule has 13 heavy (non-hydrogen) atoms. The monoisotopic (exact) mass is 243 g/mol. The lowest BCUT2D eigenvalue weighted by Crippen LogP contribution is -2.12. The SMILES string of the molecule is O=C1Nc2cc(F)c(Br)cc2C1=O. The van der Waals surface area contributed by atoms with Crippen LogP contribution in [0.1, 0.15) is 10.4 Å². The van der Waals surface area contributed by atoms with Gasteiger partial charge >= 0.3 is 0 Å². The molecule has 1 aromatic rings. The van der Waals surface area contributed by atoms with Gasteiger partial charge in [-0.3, -0.25) is 9.59 Å². The van der Waals surface area contributed by atoms with Gasteiger partial charge in [0.05, 0.1) is 15.7 Å². The summed E-state index contributed by atoms with van der Waals surface area (Å²) in [4.78, 5) is 22.0. The summed E-state index contributed by atoms with van der Waals surface area (Å²) in [5.74, 6) is -1.85. The summed E-state index contributed by atoms with van der Waals surface area (Å²) in [7, 11) is 0.